The van der Waals surface area contributed by atoms with E-state index in [0.717, 1.165) is 12.8 Å². The molecule has 7 nitrogen and oxygen atoms in total. The number of fused-ring (bicyclic) bond motifs is 1. The highest BCUT2D eigenvalue weighted by Crippen LogP contribution is 2.28. The van der Waals surface area contributed by atoms with E-state index in [9.17, 15) is 19.8 Å². The number of carbonyl (C=O) groups excluding carboxylic acids is 1. The van der Waals surface area contributed by atoms with Crippen molar-refractivity contribution in [2.75, 3.05) is 19.7 Å². The minimum Gasteiger partial charge on any atom is -0.506 e. The molecule has 0 fully saturated rings. The van der Waals surface area contributed by atoms with Gasteiger partial charge < -0.3 is 25.3 Å². The van der Waals surface area contributed by atoms with Crippen LogP contribution in [0.5, 0.6) is 5.75 Å². The maximum Gasteiger partial charge on any atom is 0.302 e. The maximum absolute atomic E-state index is 11.4. The third-order valence-electron chi connectivity index (χ3n) is 3.66. The van der Waals surface area contributed by atoms with E-state index >= 15 is 0 Å². The second-order valence-corrected chi connectivity index (χ2v) is 5.55. The Hall–Kier alpha value is -2.38. The number of carbonyl (C=O) groups is 1. The number of phenolic OH excluding ortho intramolecular Hbond substituents is 1. The summed E-state index contributed by atoms with van der Waals surface area (Å²) >= 11 is 0. The van der Waals surface area contributed by atoms with Crippen molar-refractivity contribution in [2.24, 2.45) is 0 Å². The topological polar surface area (TPSA) is 112 Å². The van der Waals surface area contributed by atoms with E-state index in [4.69, 9.17) is 4.74 Å². The molecule has 0 amide bonds. The van der Waals surface area contributed by atoms with Crippen LogP contribution in [0.4, 0.5) is 0 Å². The van der Waals surface area contributed by atoms with Crippen molar-refractivity contribution in [3.05, 3.63) is 40.2 Å². The summed E-state index contributed by atoms with van der Waals surface area (Å²) in [6.45, 7) is 2.80. The van der Waals surface area contributed by atoms with Crippen LogP contribution >= 0.6 is 0 Å². The Bertz CT molecular complexity index is 756. The smallest absolute Gasteiger partial charge is 0.302 e. The van der Waals surface area contributed by atoms with Gasteiger partial charge in [0.2, 0.25) is 5.56 Å². The van der Waals surface area contributed by atoms with Gasteiger partial charge in [-0.05, 0) is 37.1 Å². The minimum atomic E-state index is -0.771. The Balaban J connectivity index is 1.90. The normalized spacial score (nSPS) is 12.2. The number of aromatic amines is 1. The van der Waals surface area contributed by atoms with Crippen LogP contribution < -0.4 is 10.9 Å². The maximum atomic E-state index is 11.4. The summed E-state index contributed by atoms with van der Waals surface area (Å²) in [5.41, 5.74) is 0.641. The van der Waals surface area contributed by atoms with Crippen LogP contribution in [0.1, 0.15) is 31.4 Å². The first-order valence-electron chi connectivity index (χ1n) is 7.86. The van der Waals surface area contributed by atoms with Gasteiger partial charge in [-0.1, -0.05) is 6.07 Å². The third kappa shape index (κ3) is 4.81. The molecule has 24 heavy (non-hydrogen) atoms. The largest absolute Gasteiger partial charge is 0.506 e. The van der Waals surface area contributed by atoms with E-state index in [1.165, 1.54) is 19.1 Å². The van der Waals surface area contributed by atoms with Crippen molar-refractivity contribution < 1.29 is 19.7 Å². The summed E-state index contributed by atoms with van der Waals surface area (Å²) in [6, 6.07) is 6.05. The van der Waals surface area contributed by atoms with Gasteiger partial charge in [0.1, 0.15) is 5.75 Å². The van der Waals surface area contributed by atoms with Gasteiger partial charge >= 0.3 is 5.97 Å². The molecular formula is C17H22N2O5. The Kier molecular flexibility index (Phi) is 6.34. The zero-order valence-electron chi connectivity index (χ0n) is 13.5. The van der Waals surface area contributed by atoms with Crippen LogP contribution in [-0.4, -0.2) is 40.9 Å². The highest BCUT2D eigenvalue weighted by molar-refractivity contribution is 5.87. The number of esters is 1. The lowest BCUT2D eigenvalue weighted by Gasteiger charge is -2.15. The molecule has 2 rings (SSSR count). The van der Waals surface area contributed by atoms with Crippen molar-refractivity contribution >= 4 is 16.9 Å². The number of benzene rings is 1. The van der Waals surface area contributed by atoms with Crippen molar-refractivity contribution in [1.82, 2.24) is 10.3 Å². The second kappa shape index (κ2) is 8.47. The van der Waals surface area contributed by atoms with Gasteiger partial charge in [0.25, 0.3) is 0 Å². The molecule has 2 aromatic rings. The molecule has 0 unspecified atom stereocenters. The lowest BCUT2D eigenvalue weighted by molar-refractivity contribution is -0.141. The number of hydrogen-bond donors (Lipinski definition) is 4. The molecule has 0 bridgehead atoms. The molecule has 1 heterocycles. The van der Waals surface area contributed by atoms with Gasteiger partial charge in [0.05, 0.1) is 18.2 Å². The molecule has 130 valence electrons. The Labute approximate surface area is 139 Å². The summed E-state index contributed by atoms with van der Waals surface area (Å²) in [4.78, 5) is 24.6. The molecule has 0 aliphatic heterocycles. The van der Waals surface area contributed by atoms with Crippen LogP contribution in [0.15, 0.2) is 29.1 Å². The SMILES string of the molecule is CC(=O)OCCCCNC[C@H](O)c1ccc(O)c2[nH]c(=O)ccc12. The number of phenols is 1. The predicted octanol–water partition coefficient (Wildman–Crippen LogP) is 1.20. The third-order valence-corrected chi connectivity index (χ3v) is 3.66. The Morgan fingerprint density at radius 1 is 1.29 bits per heavy atom. The molecular weight excluding hydrogens is 312 g/mol. The van der Waals surface area contributed by atoms with Crippen LogP contribution in [-0.2, 0) is 9.53 Å². The molecule has 7 heteroatoms. The zero-order chi connectivity index (χ0) is 17.5. The first kappa shape index (κ1) is 18.0. The molecule has 0 saturated carbocycles. The second-order valence-electron chi connectivity index (χ2n) is 5.55. The number of aliphatic hydroxyl groups excluding tert-OH is 1. The number of H-pyrrole nitrogens is 1. The molecule has 1 aromatic carbocycles. The molecule has 0 aliphatic rings. The molecule has 0 radical (unpaired) electrons. The van der Waals surface area contributed by atoms with Crippen molar-refractivity contribution in [2.45, 2.75) is 25.9 Å². The van der Waals surface area contributed by atoms with Gasteiger partial charge in [-0.25, -0.2) is 0 Å². The molecule has 1 aromatic heterocycles. The van der Waals surface area contributed by atoms with Crippen LogP contribution in [0.2, 0.25) is 0 Å². The minimum absolute atomic E-state index is 0.0305. The number of unbranched alkanes of at least 4 members (excludes halogenated alkanes) is 1. The summed E-state index contributed by atoms with van der Waals surface area (Å²) in [6.07, 6.45) is 0.808. The zero-order valence-corrected chi connectivity index (χ0v) is 13.5. The van der Waals surface area contributed by atoms with Crippen LogP contribution in [0.3, 0.4) is 0 Å². The van der Waals surface area contributed by atoms with Gasteiger partial charge in [-0.2, -0.15) is 0 Å². The van der Waals surface area contributed by atoms with Gasteiger partial charge in [-0.15, -0.1) is 0 Å². The lowest BCUT2D eigenvalue weighted by Crippen LogP contribution is -2.23. The Morgan fingerprint density at radius 2 is 2.08 bits per heavy atom. The fourth-order valence-corrected chi connectivity index (χ4v) is 2.47. The van der Waals surface area contributed by atoms with Gasteiger partial charge in [-0.3, -0.25) is 9.59 Å². The monoisotopic (exact) mass is 334 g/mol. The molecule has 4 N–H and O–H groups in total. The summed E-state index contributed by atoms with van der Waals surface area (Å²) in [5, 5.41) is 23.9. The lowest BCUT2D eigenvalue weighted by atomic mass is 10.0. The quantitative estimate of drug-likeness (QED) is 0.426. The highest BCUT2D eigenvalue weighted by atomic mass is 16.5. The number of rotatable bonds is 8. The number of hydrogen-bond acceptors (Lipinski definition) is 6. The van der Waals surface area contributed by atoms with Crippen molar-refractivity contribution in [1.29, 1.82) is 0 Å². The molecule has 1 atom stereocenters. The van der Waals surface area contributed by atoms with E-state index in [1.807, 2.05) is 0 Å². The average Bonchev–Trinajstić information content (AvgIpc) is 2.54. The number of aliphatic hydroxyl groups is 1. The fourth-order valence-electron chi connectivity index (χ4n) is 2.47. The van der Waals surface area contributed by atoms with Gasteiger partial charge in [0, 0.05) is 24.9 Å². The van der Waals surface area contributed by atoms with E-state index in [1.54, 1.807) is 12.1 Å². The van der Waals surface area contributed by atoms with Crippen LogP contribution in [0, 0.1) is 0 Å². The summed E-state index contributed by atoms with van der Waals surface area (Å²) in [7, 11) is 0. The van der Waals surface area contributed by atoms with E-state index < -0.39 is 6.10 Å². The first-order valence-corrected chi connectivity index (χ1v) is 7.86. The van der Waals surface area contributed by atoms with Crippen LogP contribution in [0.25, 0.3) is 10.9 Å². The number of aromatic hydroxyl groups is 1. The number of ether oxygens (including phenoxy) is 1. The van der Waals surface area contributed by atoms with E-state index in [-0.39, 0.29) is 17.3 Å². The number of nitrogens with one attached hydrogen (secondary N) is 2. The Morgan fingerprint density at radius 3 is 2.83 bits per heavy atom. The predicted molar refractivity (Wildman–Crippen MR) is 89.9 cm³/mol. The fraction of sp³-hybridized carbons (Fsp3) is 0.412. The number of pyridine rings is 1. The molecule has 0 spiro atoms. The highest BCUT2D eigenvalue weighted by Gasteiger charge is 2.13. The summed E-state index contributed by atoms with van der Waals surface area (Å²) in [5.74, 6) is -0.312. The van der Waals surface area contributed by atoms with E-state index in [0.29, 0.717) is 36.2 Å². The van der Waals surface area contributed by atoms with Crippen molar-refractivity contribution in [3.8, 4) is 5.75 Å². The number of aromatic nitrogens is 1. The van der Waals surface area contributed by atoms with E-state index in [2.05, 4.69) is 10.3 Å². The van der Waals surface area contributed by atoms with Crippen molar-refractivity contribution in [3.63, 3.8) is 0 Å². The van der Waals surface area contributed by atoms with Gasteiger partial charge in [0.15, 0.2) is 0 Å². The molecule has 0 saturated heterocycles. The standard InChI is InChI=1S/C17H22N2O5/c1-11(20)24-9-3-2-8-18-10-15(22)12-4-6-14(21)17-13(12)5-7-16(23)19-17/h4-7,15,18,21-22H,2-3,8-10H2,1H3,(H,19,23)/t15-/m0/s1. The molecule has 0 aliphatic carbocycles. The average molecular weight is 334 g/mol. The first-order chi connectivity index (χ1) is 11.5. The summed E-state index contributed by atoms with van der Waals surface area (Å²) < 4.78 is 4.84.